The Labute approximate surface area is 168 Å². The average molecular weight is 393 g/mol. The number of carbonyl (C=O) groups excluding carboxylic acids is 2. The number of nitrogens with one attached hydrogen (secondary N) is 2. The lowest BCUT2D eigenvalue weighted by atomic mass is 10.2. The van der Waals surface area contributed by atoms with Gasteiger partial charge in [0.05, 0.1) is 13.2 Å². The van der Waals surface area contributed by atoms with Crippen LogP contribution in [0.1, 0.15) is 17.4 Å². The molecule has 3 aromatic rings. The number of benzene rings is 2. The maximum absolute atomic E-state index is 12.4. The zero-order valence-corrected chi connectivity index (χ0v) is 16.2. The van der Waals surface area contributed by atoms with E-state index in [1.807, 2.05) is 48.5 Å². The summed E-state index contributed by atoms with van der Waals surface area (Å²) in [5, 5.41) is 3.70. The van der Waals surface area contributed by atoms with Crippen LogP contribution in [0.5, 0.6) is 0 Å². The number of hydrogen-bond acceptors (Lipinski definition) is 5. The predicted octanol–water partition coefficient (Wildman–Crippen LogP) is 3.19. The van der Waals surface area contributed by atoms with Crippen LogP contribution in [0.25, 0.3) is 10.9 Å². The van der Waals surface area contributed by atoms with Gasteiger partial charge in [-0.15, -0.1) is 0 Å². The third kappa shape index (κ3) is 4.41. The molecule has 4 rings (SSSR count). The molecule has 150 valence electrons. The van der Waals surface area contributed by atoms with Crippen molar-refractivity contribution in [2.24, 2.45) is 0 Å². The monoisotopic (exact) mass is 393 g/mol. The molecule has 29 heavy (non-hydrogen) atoms. The van der Waals surface area contributed by atoms with Crippen LogP contribution >= 0.6 is 0 Å². The third-order valence-corrected chi connectivity index (χ3v) is 4.91. The number of carbonyl (C=O) groups is 2. The molecule has 1 aliphatic rings. The molecule has 2 aromatic carbocycles. The first-order valence-corrected chi connectivity index (χ1v) is 9.62. The Bertz CT molecular complexity index is 973. The highest BCUT2D eigenvalue weighted by atomic mass is 16.5. The second-order valence-electron chi connectivity index (χ2n) is 6.95. The van der Waals surface area contributed by atoms with Gasteiger partial charge in [0.25, 0.3) is 5.91 Å². The van der Waals surface area contributed by atoms with Gasteiger partial charge in [-0.1, -0.05) is 18.2 Å². The van der Waals surface area contributed by atoms with E-state index in [1.165, 1.54) is 0 Å². The van der Waals surface area contributed by atoms with Crippen molar-refractivity contribution in [2.45, 2.75) is 13.0 Å². The average Bonchev–Trinajstić information content (AvgIpc) is 3.19. The molecule has 7 nitrogen and oxygen atoms in total. The number of H-pyrrole nitrogens is 1. The molecule has 0 radical (unpaired) electrons. The summed E-state index contributed by atoms with van der Waals surface area (Å²) in [5.74, 6) is -0.944. The fourth-order valence-corrected chi connectivity index (χ4v) is 3.28. The summed E-state index contributed by atoms with van der Waals surface area (Å²) in [4.78, 5) is 30.0. The lowest BCUT2D eigenvalue weighted by Gasteiger charge is -2.28. The number of rotatable bonds is 5. The summed E-state index contributed by atoms with van der Waals surface area (Å²) in [6, 6.07) is 16.9. The zero-order chi connectivity index (χ0) is 20.2. The van der Waals surface area contributed by atoms with Crippen LogP contribution in [0.4, 0.5) is 11.4 Å². The Morgan fingerprint density at radius 1 is 1.10 bits per heavy atom. The van der Waals surface area contributed by atoms with E-state index < -0.39 is 12.1 Å². The predicted molar refractivity (Wildman–Crippen MR) is 111 cm³/mol. The van der Waals surface area contributed by atoms with E-state index in [-0.39, 0.29) is 5.91 Å². The minimum absolute atomic E-state index is 0.320. The fourth-order valence-electron chi connectivity index (χ4n) is 3.28. The first-order chi connectivity index (χ1) is 14.1. The number of morpholine rings is 1. The minimum atomic E-state index is -0.923. The Morgan fingerprint density at radius 3 is 2.55 bits per heavy atom. The largest absolute Gasteiger partial charge is 0.448 e. The zero-order valence-electron chi connectivity index (χ0n) is 16.2. The van der Waals surface area contributed by atoms with Crippen molar-refractivity contribution in [2.75, 3.05) is 36.5 Å². The van der Waals surface area contributed by atoms with Crippen molar-refractivity contribution >= 4 is 34.2 Å². The summed E-state index contributed by atoms with van der Waals surface area (Å²) in [6.07, 6.45) is -0.923. The van der Waals surface area contributed by atoms with Gasteiger partial charge in [-0.2, -0.15) is 0 Å². The van der Waals surface area contributed by atoms with Gasteiger partial charge in [0, 0.05) is 35.4 Å². The molecule has 0 unspecified atom stereocenters. The number of amides is 1. The second-order valence-corrected chi connectivity index (χ2v) is 6.95. The lowest BCUT2D eigenvalue weighted by Crippen LogP contribution is -2.36. The SMILES string of the molecule is C[C@@H](OC(=O)c1cc2ccccc2[nH]1)C(=O)Nc1ccc(N2CCOCC2)cc1. The Balaban J connectivity index is 1.34. The number of aromatic nitrogens is 1. The van der Waals surface area contributed by atoms with Crippen molar-refractivity contribution in [1.29, 1.82) is 0 Å². The molecule has 0 bridgehead atoms. The molecule has 1 aromatic heterocycles. The number of fused-ring (bicyclic) bond motifs is 1. The van der Waals surface area contributed by atoms with Crippen LogP contribution in [0, 0.1) is 0 Å². The summed E-state index contributed by atoms with van der Waals surface area (Å²) in [6.45, 7) is 4.70. The quantitative estimate of drug-likeness (QED) is 0.651. The van der Waals surface area contributed by atoms with Crippen LogP contribution in [-0.2, 0) is 14.3 Å². The molecule has 1 atom stereocenters. The molecule has 1 amide bonds. The second kappa shape index (κ2) is 8.36. The molecule has 1 fully saturated rings. The highest BCUT2D eigenvalue weighted by molar-refractivity contribution is 5.98. The van der Waals surface area contributed by atoms with E-state index in [0.29, 0.717) is 11.4 Å². The van der Waals surface area contributed by atoms with Crippen molar-refractivity contribution < 1.29 is 19.1 Å². The summed E-state index contributed by atoms with van der Waals surface area (Å²) in [7, 11) is 0. The van der Waals surface area contributed by atoms with Gasteiger partial charge in [0.15, 0.2) is 6.10 Å². The third-order valence-electron chi connectivity index (χ3n) is 4.91. The van der Waals surface area contributed by atoms with Gasteiger partial charge < -0.3 is 24.7 Å². The lowest BCUT2D eigenvalue weighted by molar-refractivity contribution is -0.123. The van der Waals surface area contributed by atoms with E-state index in [2.05, 4.69) is 15.2 Å². The van der Waals surface area contributed by atoms with Crippen molar-refractivity contribution in [3.8, 4) is 0 Å². The Morgan fingerprint density at radius 2 is 1.83 bits per heavy atom. The molecule has 2 heterocycles. The van der Waals surface area contributed by atoms with Crippen LogP contribution in [0.3, 0.4) is 0 Å². The van der Waals surface area contributed by atoms with E-state index in [9.17, 15) is 9.59 Å². The number of ether oxygens (including phenoxy) is 2. The van der Waals surface area contributed by atoms with Crippen LogP contribution in [0.15, 0.2) is 54.6 Å². The van der Waals surface area contributed by atoms with Gasteiger partial charge in [0.1, 0.15) is 5.69 Å². The molecule has 0 saturated carbocycles. The first-order valence-electron chi connectivity index (χ1n) is 9.62. The molecule has 7 heteroatoms. The van der Waals surface area contributed by atoms with E-state index >= 15 is 0 Å². The summed E-state index contributed by atoms with van der Waals surface area (Å²) >= 11 is 0. The van der Waals surface area contributed by atoms with E-state index in [1.54, 1.807) is 13.0 Å². The number of anilines is 2. The summed E-state index contributed by atoms with van der Waals surface area (Å²) in [5.41, 5.74) is 2.91. The molecule has 1 aliphatic heterocycles. The Kier molecular flexibility index (Phi) is 5.48. The highest BCUT2D eigenvalue weighted by Gasteiger charge is 2.20. The number of esters is 1. The van der Waals surface area contributed by atoms with Gasteiger partial charge >= 0.3 is 5.97 Å². The van der Waals surface area contributed by atoms with E-state index in [4.69, 9.17) is 9.47 Å². The molecular weight excluding hydrogens is 370 g/mol. The number of para-hydroxylation sites is 1. The smallest absolute Gasteiger partial charge is 0.355 e. The minimum Gasteiger partial charge on any atom is -0.448 e. The van der Waals surface area contributed by atoms with Crippen LogP contribution < -0.4 is 10.2 Å². The van der Waals surface area contributed by atoms with Crippen LogP contribution in [-0.4, -0.2) is 49.3 Å². The molecule has 0 aliphatic carbocycles. The number of hydrogen-bond donors (Lipinski definition) is 2. The molecule has 0 spiro atoms. The standard InChI is InChI=1S/C22H23N3O4/c1-15(29-22(27)20-14-16-4-2-3-5-19(16)24-20)21(26)23-17-6-8-18(9-7-17)25-10-12-28-13-11-25/h2-9,14-15,24H,10-13H2,1H3,(H,23,26)/t15-/m1/s1. The van der Waals surface area contributed by atoms with Gasteiger partial charge in [0.2, 0.25) is 0 Å². The maximum Gasteiger partial charge on any atom is 0.355 e. The normalized spacial score (nSPS) is 15.1. The van der Waals surface area contributed by atoms with Gasteiger partial charge in [-0.05, 0) is 43.3 Å². The Hall–Kier alpha value is -3.32. The maximum atomic E-state index is 12.4. The van der Waals surface area contributed by atoms with E-state index in [0.717, 1.165) is 42.9 Å². The van der Waals surface area contributed by atoms with Crippen molar-refractivity contribution in [3.05, 3.63) is 60.3 Å². The molecule has 2 N–H and O–H groups in total. The van der Waals surface area contributed by atoms with Gasteiger partial charge in [-0.3, -0.25) is 4.79 Å². The fraction of sp³-hybridized carbons (Fsp3) is 0.273. The van der Waals surface area contributed by atoms with Crippen molar-refractivity contribution in [1.82, 2.24) is 4.98 Å². The number of aromatic amines is 1. The number of nitrogens with zero attached hydrogens (tertiary/aromatic N) is 1. The molecular formula is C22H23N3O4. The van der Waals surface area contributed by atoms with Crippen molar-refractivity contribution in [3.63, 3.8) is 0 Å². The first kappa shape index (κ1) is 19.0. The van der Waals surface area contributed by atoms with Gasteiger partial charge in [-0.25, -0.2) is 4.79 Å². The molecule has 1 saturated heterocycles. The topological polar surface area (TPSA) is 83.7 Å². The highest BCUT2D eigenvalue weighted by Crippen LogP contribution is 2.20. The van der Waals surface area contributed by atoms with Crippen LogP contribution in [0.2, 0.25) is 0 Å². The summed E-state index contributed by atoms with van der Waals surface area (Å²) < 4.78 is 10.7.